The highest BCUT2D eigenvalue weighted by molar-refractivity contribution is 7.90. The number of carbonyl (C=O) groups is 2. The molecule has 0 unspecified atom stereocenters. The van der Waals surface area contributed by atoms with Crippen molar-refractivity contribution in [3.05, 3.63) is 46.8 Å². The van der Waals surface area contributed by atoms with E-state index in [1.165, 1.54) is 24.3 Å². The molecule has 184 valence electrons. The molecule has 1 aromatic heterocycles. The standard InChI is InChI=1S/C24H31N3O6S/c1-3-27-21-19(15-24(16-25-22(21)28)9-12-32-13-10-24)20(26-27)8-5-11-33-23(29)17-6-4-7-18(14-17)34(2,30)31/h4,6-7,14H,3,5,8-13,15-16H2,1-2H3,(H,25,28). The number of aryl methyl sites for hydroxylation is 2. The van der Waals surface area contributed by atoms with Crippen molar-refractivity contribution in [1.29, 1.82) is 0 Å². The zero-order valence-electron chi connectivity index (χ0n) is 19.6. The van der Waals surface area contributed by atoms with Crippen LogP contribution in [0, 0.1) is 5.41 Å². The van der Waals surface area contributed by atoms with Crippen LogP contribution < -0.4 is 5.32 Å². The highest BCUT2D eigenvalue weighted by Gasteiger charge is 2.39. The van der Waals surface area contributed by atoms with Gasteiger partial charge in [-0.15, -0.1) is 0 Å². The largest absolute Gasteiger partial charge is 0.462 e. The van der Waals surface area contributed by atoms with Gasteiger partial charge >= 0.3 is 5.97 Å². The number of nitrogens with zero attached hydrogens (tertiary/aromatic N) is 2. The van der Waals surface area contributed by atoms with Crippen LogP contribution in [0.15, 0.2) is 29.2 Å². The second-order valence-electron chi connectivity index (χ2n) is 9.10. The molecule has 1 aromatic carbocycles. The molecule has 0 bridgehead atoms. The van der Waals surface area contributed by atoms with Gasteiger partial charge in [0.05, 0.1) is 22.8 Å². The minimum atomic E-state index is -3.41. The van der Waals surface area contributed by atoms with Crippen LogP contribution in [-0.4, -0.2) is 62.7 Å². The molecular formula is C24H31N3O6S. The van der Waals surface area contributed by atoms with E-state index in [2.05, 4.69) is 5.32 Å². The maximum absolute atomic E-state index is 12.9. The molecule has 1 spiro atoms. The van der Waals surface area contributed by atoms with E-state index in [4.69, 9.17) is 14.6 Å². The van der Waals surface area contributed by atoms with Gasteiger partial charge in [-0.05, 0) is 62.6 Å². The Balaban J connectivity index is 1.44. The highest BCUT2D eigenvalue weighted by atomic mass is 32.2. The smallest absolute Gasteiger partial charge is 0.338 e. The maximum atomic E-state index is 12.9. The summed E-state index contributed by atoms with van der Waals surface area (Å²) in [5.41, 5.74) is 2.67. The van der Waals surface area contributed by atoms with Gasteiger partial charge in [-0.1, -0.05) is 6.07 Å². The van der Waals surface area contributed by atoms with E-state index in [0.717, 1.165) is 36.8 Å². The number of benzene rings is 1. The Labute approximate surface area is 199 Å². The predicted molar refractivity (Wildman–Crippen MR) is 125 cm³/mol. The fraction of sp³-hybridized carbons (Fsp3) is 0.542. The second-order valence-corrected chi connectivity index (χ2v) is 11.1. The molecule has 0 atom stereocenters. The van der Waals surface area contributed by atoms with Crippen molar-refractivity contribution in [2.75, 3.05) is 32.6 Å². The fourth-order valence-corrected chi connectivity index (χ4v) is 5.37. The maximum Gasteiger partial charge on any atom is 0.338 e. The van der Waals surface area contributed by atoms with E-state index in [1.54, 1.807) is 4.68 Å². The summed E-state index contributed by atoms with van der Waals surface area (Å²) in [6.45, 7) is 4.75. The first-order chi connectivity index (χ1) is 16.2. The Morgan fingerprint density at radius 3 is 2.76 bits per heavy atom. The number of aromatic nitrogens is 2. The molecule has 1 saturated heterocycles. The number of hydrogen-bond donors (Lipinski definition) is 1. The average Bonchev–Trinajstić information content (AvgIpc) is 3.10. The molecule has 0 aliphatic carbocycles. The minimum absolute atomic E-state index is 0.0212. The summed E-state index contributed by atoms with van der Waals surface area (Å²) in [7, 11) is -3.41. The first-order valence-corrected chi connectivity index (χ1v) is 13.5. The SMILES string of the molecule is CCn1nc(CCCOC(=O)c2cccc(S(C)(=O)=O)c2)c2c1C(=O)NCC1(CCOCC1)C2. The molecule has 1 amide bonds. The molecule has 3 heterocycles. The van der Waals surface area contributed by atoms with Crippen LogP contribution in [0.2, 0.25) is 0 Å². The van der Waals surface area contributed by atoms with E-state index in [0.29, 0.717) is 44.8 Å². The van der Waals surface area contributed by atoms with Crippen molar-refractivity contribution < 1.29 is 27.5 Å². The number of fused-ring (bicyclic) bond motifs is 1. The van der Waals surface area contributed by atoms with Crippen molar-refractivity contribution in [2.45, 2.75) is 50.5 Å². The number of ether oxygens (including phenoxy) is 2. The number of esters is 1. The van der Waals surface area contributed by atoms with Gasteiger partial charge in [0.25, 0.3) is 5.91 Å². The third kappa shape index (κ3) is 5.17. The van der Waals surface area contributed by atoms with E-state index >= 15 is 0 Å². The molecule has 0 saturated carbocycles. The summed E-state index contributed by atoms with van der Waals surface area (Å²) in [5, 5.41) is 7.81. The molecule has 2 aliphatic rings. The van der Waals surface area contributed by atoms with Crippen LogP contribution >= 0.6 is 0 Å². The van der Waals surface area contributed by atoms with Gasteiger partial charge in [0.1, 0.15) is 5.69 Å². The second kappa shape index (κ2) is 9.87. The van der Waals surface area contributed by atoms with Gasteiger partial charge in [0, 0.05) is 38.1 Å². The monoisotopic (exact) mass is 489 g/mol. The van der Waals surface area contributed by atoms with E-state index in [-0.39, 0.29) is 28.4 Å². The summed E-state index contributed by atoms with van der Waals surface area (Å²) in [5.74, 6) is -0.653. The van der Waals surface area contributed by atoms with Crippen LogP contribution in [0.4, 0.5) is 0 Å². The van der Waals surface area contributed by atoms with Crippen LogP contribution in [-0.2, 0) is 38.7 Å². The lowest BCUT2D eigenvalue weighted by atomic mass is 9.75. The van der Waals surface area contributed by atoms with Crippen molar-refractivity contribution >= 4 is 21.7 Å². The van der Waals surface area contributed by atoms with Gasteiger partial charge in [0.2, 0.25) is 0 Å². The van der Waals surface area contributed by atoms with E-state index < -0.39 is 15.8 Å². The number of sulfone groups is 1. The average molecular weight is 490 g/mol. The lowest BCUT2D eigenvalue weighted by molar-refractivity contribution is 0.0160. The fourth-order valence-electron chi connectivity index (χ4n) is 4.71. The number of amides is 1. The van der Waals surface area contributed by atoms with E-state index in [9.17, 15) is 18.0 Å². The summed E-state index contributed by atoms with van der Waals surface area (Å²) in [6.07, 6.45) is 4.79. The third-order valence-corrected chi connectivity index (χ3v) is 7.78. The predicted octanol–water partition coefficient (Wildman–Crippen LogP) is 2.18. The van der Waals surface area contributed by atoms with Gasteiger partial charge < -0.3 is 14.8 Å². The summed E-state index contributed by atoms with van der Waals surface area (Å²) in [6, 6.07) is 5.83. The Hall–Kier alpha value is -2.72. The first-order valence-electron chi connectivity index (χ1n) is 11.6. The molecule has 4 rings (SSSR count). The Kier molecular flexibility index (Phi) is 7.09. The Morgan fingerprint density at radius 2 is 2.06 bits per heavy atom. The topological polar surface area (TPSA) is 117 Å². The molecule has 9 nitrogen and oxygen atoms in total. The van der Waals surface area contributed by atoms with Crippen LogP contribution in [0.25, 0.3) is 0 Å². The van der Waals surface area contributed by atoms with Gasteiger partial charge in [-0.25, -0.2) is 13.2 Å². The molecule has 1 fully saturated rings. The minimum Gasteiger partial charge on any atom is -0.462 e. The Morgan fingerprint density at radius 1 is 1.29 bits per heavy atom. The Bertz CT molecular complexity index is 1180. The summed E-state index contributed by atoms with van der Waals surface area (Å²) in [4.78, 5) is 25.4. The molecule has 0 radical (unpaired) electrons. The molecule has 10 heteroatoms. The van der Waals surface area contributed by atoms with Crippen molar-refractivity contribution in [1.82, 2.24) is 15.1 Å². The molecule has 2 aromatic rings. The first kappa shape index (κ1) is 24.4. The quantitative estimate of drug-likeness (QED) is 0.468. The third-order valence-electron chi connectivity index (χ3n) is 6.67. The molecule has 1 N–H and O–H groups in total. The number of carbonyl (C=O) groups excluding carboxylic acids is 2. The van der Waals surface area contributed by atoms with Crippen molar-refractivity contribution in [2.24, 2.45) is 5.41 Å². The van der Waals surface area contributed by atoms with Crippen LogP contribution in [0.1, 0.15) is 58.3 Å². The molecular weight excluding hydrogens is 458 g/mol. The number of nitrogens with one attached hydrogen (secondary N) is 1. The van der Waals surface area contributed by atoms with Crippen LogP contribution in [0.3, 0.4) is 0 Å². The normalized spacial score (nSPS) is 17.6. The summed E-state index contributed by atoms with van der Waals surface area (Å²) >= 11 is 0. The summed E-state index contributed by atoms with van der Waals surface area (Å²) < 4.78 is 36.2. The lowest BCUT2D eigenvalue weighted by Gasteiger charge is -2.36. The van der Waals surface area contributed by atoms with Gasteiger partial charge in [0.15, 0.2) is 9.84 Å². The van der Waals surface area contributed by atoms with Gasteiger partial charge in [-0.3, -0.25) is 9.48 Å². The molecule has 2 aliphatic heterocycles. The molecule has 34 heavy (non-hydrogen) atoms. The highest BCUT2D eigenvalue weighted by Crippen LogP contribution is 2.37. The van der Waals surface area contributed by atoms with Crippen molar-refractivity contribution in [3.63, 3.8) is 0 Å². The zero-order chi connectivity index (χ0) is 24.3. The van der Waals surface area contributed by atoms with Crippen molar-refractivity contribution in [3.8, 4) is 0 Å². The van der Waals surface area contributed by atoms with Gasteiger partial charge in [-0.2, -0.15) is 5.10 Å². The number of rotatable bonds is 7. The lowest BCUT2D eigenvalue weighted by Crippen LogP contribution is -2.40. The van der Waals surface area contributed by atoms with Crippen LogP contribution in [0.5, 0.6) is 0 Å². The van der Waals surface area contributed by atoms with E-state index in [1.807, 2.05) is 6.92 Å². The number of hydrogen-bond acceptors (Lipinski definition) is 7. The zero-order valence-corrected chi connectivity index (χ0v) is 20.4.